The van der Waals surface area contributed by atoms with Crippen LogP contribution in [0.15, 0.2) is 67.8 Å². The Morgan fingerprint density at radius 3 is 2.71 bits per heavy atom. The van der Waals surface area contributed by atoms with Crippen molar-refractivity contribution in [2.24, 2.45) is 0 Å². The highest BCUT2D eigenvalue weighted by molar-refractivity contribution is 9.10. The van der Waals surface area contributed by atoms with Gasteiger partial charge in [-0.3, -0.25) is 4.79 Å². The van der Waals surface area contributed by atoms with Crippen LogP contribution in [0.25, 0.3) is 0 Å². The number of rotatable bonds is 6. The number of nitrogens with one attached hydrogen (secondary N) is 1. The van der Waals surface area contributed by atoms with Gasteiger partial charge in [-0.2, -0.15) is 0 Å². The van der Waals surface area contributed by atoms with Gasteiger partial charge >= 0.3 is 5.97 Å². The minimum atomic E-state index is -0.579. The lowest BCUT2D eigenvalue weighted by Crippen LogP contribution is -2.34. The van der Waals surface area contributed by atoms with Crippen molar-refractivity contribution in [3.63, 3.8) is 0 Å². The molecule has 1 aromatic heterocycles. The molecular weight excluding hydrogens is 462 g/mol. The molecule has 6 nitrogen and oxygen atoms in total. The number of dihydropyridines is 1. The van der Waals surface area contributed by atoms with E-state index in [0.717, 1.165) is 28.8 Å². The van der Waals surface area contributed by atoms with Crippen LogP contribution < -0.4 is 10.1 Å². The average molecular weight is 486 g/mol. The quantitative estimate of drug-likeness (QED) is 0.569. The topological polar surface area (TPSA) is 77.8 Å². The van der Waals surface area contributed by atoms with E-state index in [-0.39, 0.29) is 19.0 Å². The molecule has 31 heavy (non-hydrogen) atoms. The lowest BCUT2D eigenvalue weighted by atomic mass is 9.77. The SMILES string of the molecule is CCOC(=O)C1=C(C)NC2=C(C(=O)CCC2)[C@@H]1c1ccc(COc2ccc(Br)cc2)o1. The van der Waals surface area contributed by atoms with E-state index in [0.29, 0.717) is 34.8 Å². The van der Waals surface area contributed by atoms with Crippen molar-refractivity contribution < 1.29 is 23.5 Å². The van der Waals surface area contributed by atoms with Gasteiger partial charge in [0.25, 0.3) is 0 Å². The average Bonchev–Trinajstić information content (AvgIpc) is 3.21. The molecule has 0 bridgehead atoms. The van der Waals surface area contributed by atoms with Crippen molar-refractivity contribution in [1.82, 2.24) is 5.32 Å². The van der Waals surface area contributed by atoms with Crippen LogP contribution in [0.2, 0.25) is 0 Å². The summed E-state index contributed by atoms with van der Waals surface area (Å²) in [6.45, 7) is 4.10. The molecule has 2 aliphatic rings. The minimum absolute atomic E-state index is 0.0390. The van der Waals surface area contributed by atoms with Crippen molar-refractivity contribution in [3.8, 4) is 5.75 Å². The molecule has 1 aromatic carbocycles. The third-order valence-corrected chi connectivity index (χ3v) is 5.96. The van der Waals surface area contributed by atoms with Crippen LogP contribution in [0.1, 0.15) is 50.5 Å². The van der Waals surface area contributed by atoms with Gasteiger partial charge in [-0.1, -0.05) is 15.9 Å². The van der Waals surface area contributed by atoms with E-state index in [1.54, 1.807) is 6.92 Å². The fourth-order valence-corrected chi connectivity index (χ4v) is 4.32. The van der Waals surface area contributed by atoms with Crippen LogP contribution in [0.4, 0.5) is 0 Å². The summed E-state index contributed by atoms with van der Waals surface area (Å²) in [4.78, 5) is 25.6. The van der Waals surface area contributed by atoms with Crippen LogP contribution in [-0.2, 0) is 20.9 Å². The highest BCUT2D eigenvalue weighted by atomic mass is 79.9. The first-order chi connectivity index (χ1) is 15.0. The van der Waals surface area contributed by atoms with E-state index in [1.807, 2.05) is 43.3 Å². The maximum absolute atomic E-state index is 12.8. The van der Waals surface area contributed by atoms with Gasteiger partial charge in [0.1, 0.15) is 23.9 Å². The van der Waals surface area contributed by atoms with Crippen molar-refractivity contribution in [1.29, 1.82) is 0 Å². The summed E-state index contributed by atoms with van der Waals surface area (Å²) >= 11 is 3.40. The molecule has 2 aromatic rings. The van der Waals surface area contributed by atoms with E-state index in [4.69, 9.17) is 13.9 Å². The number of halogens is 1. The second kappa shape index (κ2) is 9.14. The Bertz CT molecular complexity index is 1060. The van der Waals surface area contributed by atoms with Crippen molar-refractivity contribution in [3.05, 3.63) is 74.9 Å². The normalized spacial score (nSPS) is 18.5. The third-order valence-electron chi connectivity index (χ3n) is 5.43. The summed E-state index contributed by atoms with van der Waals surface area (Å²) in [6.07, 6.45) is 2.03. The number of ketones is 1. The zero-order valence-corrected chi connectivity index (χ0v) is 19.1. The second-order valence-corrected chi connectivity index (χ2v) is 8.45. The number of allylic oxidation sites excluding steroid dienone is 3. The van der Waals surface area contributed by atoms with E-state index < -0.39 is 11.9 Å². The minimum Gasteiger partial charge on any atom is -0.486 e. The Hall–Kier alpha value is -2.80. The summed E-state index contributed by atoms with van der Waals surface area (Å²) in [5, 5.41) is 3.26. The number of carbonyl (C=O) groups excluding carboxylic acids is 2. The molecule has 162 valence electrons. The van der Waals surface area contributed by atoms with Crippen LogP contribution in [0, 0.1) is 0 Å². The Morgan fingerprint density at radius 1 is 1.19 bits per heavy atom. The molecule has 0 unspecified atom stereocenters. The lowest BCUT2D eigenvalue weighted by molar-refractivity contribution is -0.138. The number of esters is 1. The second-order valence-electron chi connectivity index (χ2n) is 7.53. The highest BCUT2D eigenvalue weighted by Crippen LogP contribution is 2.43. The smallest absolute Gasteiger partial charge is 0.336 e. The summed E-state index contributed by atoms with van der Waals surface area (Å²) < 4.78 is 18.2. The van der Waals surface area contributed by atoms with Crippen LogP contribution in [0.5, 0.6) is 5.75 Å². The van der Waals surface area contributed by atoms with Gasteiger partial charge in [0.15, 0.2) is 5.78 Å². The third kappa shape index (κ3) is 4.46. The van der Waals surface area contributed by atoms with Crippen molar-refractivity contribution >= 4 is 27.7 Å². The number of ether oxygens (including phenoxy) is 2. The monoisotopic (exact) mass is 485 g/mol. The first kappa shape index (κ1) is 21.4. The Kier molecular flexibility index (Phi) is 6.32. The number of furan rings is 1. The molecule has 4 rings (SSSR count). The molecule has 1 atom stereocenters. The molecule has 7 heteroatoms. The molecular formula is C24H24BrNO5. The zero-order valence-electron chi connectivity index (χ0n) is 17.5. The van der Waals surface area contributed by atoms with E-state index >= 15 is 0 Å². The Morgan fingerprint density at radius 2 is 1.97 bits per heavy atom. The molecule has 0 saturated carbocycles. The molecule has 0 spiro atoms. The molecule has 0 amide bonds. The molecule has 1 N–H and O–H groups in total. The fraction of sp³-hybridized carbons (Fsp3) is 0.333. The zero-order chi connectivity index (χ0) is 22.0. The van der Waals surface area contributed by atoms with Crippen LogP contribution in [-0.4, -0.2) is 18.4 Å². The van der Waals surface area contributed by atoms with Crippen molar-refractivity contribution in [2.45, 2.75) is 45.6 Å². The first-order valence-electron chi connectivity index (χ1n) is 10.4. The number of Topliss-reactive ketones (excluding diaryl/α,β-unsaturated/α-hetero) is 1. The first-order valence-corrected chi connectivity index (χ1v) is 11.1. The van der Waals surface area contributed by atoms with Gasteiger partial charge in [0.05, 0.1) is 18.1 Å². The fourth-order valence-electron chi connectivity index (χ4n) is 4.06. The Balaban J connectivity index is 1.64. The summed E-state index contributed by atoms with van der Waals surface area (Å²) in [6, 6.07) is 11.2. The van der Waals surface area contributed by atoms with Gasteiger partial charge in [-0.05, 0) is 63.1 Å². The molecule has 1 aliphatic heterocycles. The van der Waals surface area contributed by atoms with Crippen LogP contribution >= 0.6 is 15.9 Å². The molecule has 0 saturated heterocycles. The molecule has 0 radical (unpaired) electrons. The summed E-state index contributed by atoms with van der Waals surface area (Å²) in [5.74, 6) is 0.898. The number of hydrogen-bond acceptors (Lipinski definition) is 6. The number of hydrogen-bond donors (Lipinski definition) is 1. The number of carbonyl (C=O) groups is 2. The van der Waals surface area contributed by atoms with Gasteiger partial charge in [0, 0.05) is 27.9 Å². The molecule has 2 heterocycles. The van der Waals surface area contributed by atoms with Gasteiger partial charge in [0.2, 0.25) is 0 Å². The predicted molar refractivity (Wildman–Crippen MR) is 118 cm³/mol. The van der Waals surface area contributed by atoms with Crippen LogP contribution in [0.3, 0.4) is 0 Å². The van der Waals surface area contributed by atoms with Gasteiger partial charge in [-0.15, -0.1) is 0 Å². The van der Waals surface area contributed by atoms with E-state index in [9.17, 15) is 9.59 Å². The Labute approximate surface area is 189 Å². The maximum Gasteiger partial charge on any atom is 0.336 e. The standard InChI is InChI=1S/C24H24BrNO5/c1-3-29-24(28)21-14(2)26-18-5-4-6-19(27)22(18)23(21)20-12-11-17(31-20)13-30-16-9-7-15(25)8-10-16/h7-12,23,26H,3-6,13H2,1-2H3/t23-/m1/s1. The highest BCUT2D eigenvalue weighted by Gasteiger charge is 2.40. The largest absolute Gasteiger partial charge is 0.486 e. The maximum atomic E-state index is 12.8. The van der Waals surface area contributed by atoms with E-state index in [2.05, 4.69) is 21.2 Å². The molecule has 0 fully saturated rings. The summed E-state index contributed by atoms with van der Waals surface area (Å²) in [7, 11) is 0. The van der Waals surface area contributed by atoms with E-state index in [1.165, 1.54) is 0 Å². The molecule has 1 aliphatic carbocycles. The van der Waals surface area contributed by atoms with Gasteiger partial charge < -0.3 is 19.2 Å². The predicted octanol–water partition coefficient (Wildman–Crippen LogP) is 5.15. The number of benzene rings is 1. The van der Waals surface area contributed by atoms with Crippen molar-refractivity contribution in [2.75, 3.05) is 6.61 Å². The van der Waals surface area contributed by atoms with Gasteiger partial charge in [-0.25, -0.2) is 4.79 Å². The summed E-state index contributed by atoms with van der Waals surface area (Å²) in [5.41, 5.74) is 2.59. The lowest BCUT2D eigenvalue weighted by Gasteiger charge is -2.32.